The van der Waals surface area contributed by atoms with Crippen molar-refractivity contribution in [3.8, 4) is 11.5 Å². The van der Waals surface area contributed by atoms with E-state index < -0.39 is 0 Å². The van der Waals surface area contributed by atoms with E-state index in [-0.39, 0.29) is 0 Å². The topological polar surface area (TPSA) is 44.5 Å². The zero-order chi connectivity index (χ0) is 11.5. The lowest BCUT2D eigenvalue weighted by Crippen LogP contribution is -1.91. The average molecular weight is 286 g/mol. The lowest BCUT2D eigenvalue weighted by atomic mass is 10.1. The molecule has 0 bridgehead atoms. The van der Waals surface area contributed by atoms with Crippen molar-refractivity contribution in [3.63, 3.8) is 0 Å². The Bertz CT molecular complexity index is 495. The minimum Gasteiger partial charge on any atom is -0.493 e. The van der Waals surface area contributed by atoms with E-state index in [1.165, 1.54) is 0 Å². The van der Waals surface area contributed by atoms with Crippen LogP contribution in [0.4, 0.5) is 0 Å². The molecule has 4 nitrogen and oxygen atoms in total. The molecule has 0 N–H and O–H groups in total. The number of aryl methyl sites for hydroxylation is 1. The third-order valence-corrected chi connectivity index (χ3v) is 2.78. The van der Waals surface area contributed by atoms with Crippen LogP contribution in [0.1, 0.15) is 5.69 Å². The van der Waals surface area contributed by atoms with Crippen molar-refractivity contribution >= 4 is 26.9 Å². The van der Waals surface area contributed by atoms with Gasteiger partial charge in [-0.1, -0.05) is 21.1 Å². The van der Waals surface area contributed by atoms with E-state index in [2.05, 4.69) is 21.1 Å². The number of nitrogens with zero attached hydrogens (tertiary/aromatic N) is 1. The molecule has 0 fully saturated rings. The molecule has 86 valence electrons. The maximum absolute atomic E-state index is 5.24. The van der Waals surface area contributed by atoms with Crippen LogP contribution in [0.2, 0.25) is 0 Å². The standard InChI is InChI=1S/C11H12BrNO3/c1-14-10-5-7-8(3-4-12)13-16-9(7)6-11(10)15-2/h5-6H,3-4H2,1-2H3. The highest BCUT2D eigenvalue weighted by molar-refractivity contribution is 9.09. The molecule has 1 aromatic carbocycles. The van der Waals surface area contributed by atoms with Gasteiger partial charge in [0.25, 0.3) is 0 Å². The molecule has 0 aliphatic carbocycles. The van der Waals surface area contributed by atoms with Crippen molar-refractivity contribution in [1.29, 1.82) is 0 Å². The van der Waals surface area contributed by atoms with E-state index >= 15 is 0 Å². The Balaban J connectivity index is 2.57. The summed E-state index contributed by atoms with van der Waals surface area (Å²) in [5.41, 5.74) is 1.64. The fraction of sp³-hybridized carbons (Fsp3) is 0.364. The van der Waals surface area contributed by atoms with Gasteiger partial charge in [0.15, 0.2) is 17.1 Å². The van der Waals surface area contributed by atoms with Crippen molar-refractivity contribution in [2.75, 3.05) is 19.5 Å². The molecule has 0 unspecified atom stereocenters. The summed E-state index contributed by atoms with van der Waals surface area (Å²) in [7, 11) is 3.21. The number of benzene rings is 1. The smallest absolute Gasteiger partial charge is 0.171 e. The van der Waals surface area contributed by atoms with Crippen LogP contribution in [0.15, 0.2) is 16.7 Å². The van der Waals surface area contributed by atoms with Gasteiger partial charge in [0.05, 0.1) is 19.9 Å². The van der Waals surface area contributed by atoms with E-state index in [9.17, 15) is 0 Å². The van der Waals surface area contributed by atoms with Crippen LogP contribution in [-0.2, 0) is 6.42 Å². The number of ether oxygens (including phenoxy) is 2. The molecular formula is C11H12BrNO3. The summed E-state index contributed by atoms with van der Waals surface area (Å²) in [5, 5.41) is 5.84. The van der Waals surface area contributed by atoms with Crippen molar-refractivity contribution in [2.45, 2.75) is 6.42 Å². The lowest BCUT2D eigenvalue weighted by Gasteiger charge is -2.06. The first-order valence-electron chi connectivity index (χ1n) is 4.86. The van der Waals surface area contributed by atoms with Crippen LogP contribution in [0.5, 0.6) is 11.5 Å². The van der Waals surface area contributed by atoms with Gasteiger partial charge in [-0.05, 0) is 6.07 Å². The summed E-state index contributed by atoms with van der Waals surface area (Å²) >= 11 is 3.38. The summed E-state index contributed by atoms with van der Waals surface area (Å²) in [5.74, 6) is 1.34. The van der Waals surface area contributed by atoms with Crippen LogP contribution >= 0.6 is 15.9 Å². The minimum absolute atomic E-state index is 0.650. The molecular weight excluding hydrogens is 274 g/mol. The highest BCUT2D eigenvalue weighted by Gasteiger charge is 2.13. The van der Waals surface area contributed by atoms with Gasteiger partial charge in [-0.3, -0.25) is 0 Å². The number of hydrogen-bond donors (Lipinski definition) is 0. The predicted molar refractivity (Wildman–Crippen MR) is 64.6 cm³/mol. The Morgan fingerprint density at radius 2 is 1.94 bits per heavy atom. The molecule has 5 heteroatoms. The highest BCUT2D eigenvalue weighted by atomic mass is 79.9. The molecule has 0 spiro atoms. The Morgan fingerprint density at radius 1 is 1.25 bits per heavy atom. The second-order valence-corrected chi connectivity index (χ2v) is 4.06. The Labute approximate surface area is 102 Å². The van der Waals surface area contributed by atoms with Crippen LogP contribution in [0, 0.1) is 0 Å². The van der Waals surface area contributed by atoms with E-state index in [0.29, 0.717) is 17.1 Å². The van der Waals surface area contributed by atoms with Crippen molar-refractivity contribution < 1.29 is 14.0 Å². The normalized spacial score (nSPS) is 10.7. The lowest BCUT2D eigenvalue weighted by molar-refractivity contribution is 0.354. The maximum atomic E-state index is 5.24. The monoisotopic (exact) mass is 285 g/mol. The largest absolute Gasteiger partial charge is 0.493 e. The average Bonchev–Trinajstić information content (AvgIpc) is 2.70. The molecule has 1 heterocycles. The van der Waals surface area contributed by atoms with Gasteiger partial charge in [0.1, 0.15) is 0 Å². The molecule has 0 saturated carbocycles. The molecule has 0 radical (unpaired) electrons. The molecule has 1 aromatic heterocycles. The number of aromatic nitrogens is 1. The van der Waals surface area contributed by atoms with Crippen LogP contribution in [0.25, 0.3) is 11.0 Å². The fourth-order valence-electron chi connectivity index (χ4n) is 1.58. The van der Waals surface area contributed by atoms with Gasteiger partial charge >= 0.3 is 0 Å². The predicted octanol–water partition coefficient (Wildman–Crippen LogP) is 2.78. The van der Waals surface area contributed by atoms with Gasteiger partial charge in [0, 0.05) is 23.2 Å². The Morgan fingerprint density at radius 3 is 2.56 bits per heavy atom. The van der Waals surface area contributed by atoms with Crippen LogP contribution < -0.4 is 9.47 Å². The summed E-state index contributed by atoms with van der Waals surface area (Å²) in [6, 6.07) is 3.68. The second-order valence-electron chi connectivity index (χ2n) is 3.27. The minimum atomic E-state index is 0.650. The van der Waals surface area contributed by atoms with Gasteiger partial charge in [0.2, 0.25) is 0 Å². The summed E-state index contributed by atoms with van der Waals surface area (Å²) in [6.07, 6.45) is 0.822. The summed E-state index contributed by atoms with van der Waals surface area (Å²) in [6.45, 7) is 0. The van der Waals surface area contributed by atoms with Gasteiger partial charge < -0.3 is 14.0 Å². The first-order valence-corrected chi connectivity index (χ1v) is 5.98. The third kappa shape index (κ3) is 1.87. The van der Waals surface area contributed by atoms with Crippen molar-refractivity contribution in [3.05, 3.63) is 17.8 Å². The number of rotatable bonds is 4. The SMILES string of the molecule is COc1cc2onc(CCBr)c2cc1OC. The van der Waals surface area contributed by atoms with Crippen molar-refractivity contribution in [1.82, 2.24) is 5.16 Å². The van der Waals surface area contributed by atoms with E-state index in [1.54, 1.807) is 20.3 Å². The van der Waals surface area contributed by atoms with E-state index in [1.807, 2.05) is 6.07 Å². The zero-order valence-electron chi connectivity index (χ0n) is 9.12. The van der Waals surface area contributed by atoms with E-state index in [0.717, 1.165) is 22.8 Å². The molecule has 0 saturated heterocycles. The number of methoxy groups -OCH3 is 2. The molecule has 0 atom stereocenters. The van der Waals surface area contributed by atoms with Gasteiger partial charge in [-0.15, -0.1) is 0 Å². The molecule has 0 amide bonds. The van der Waals surface area contributed by atoms with Gasteiger partial charge in [-0.25, -0.2) is 0 Å². The number of halogens is 1. The van der Waals surface area contributed by atoms with Gasteiger partial charge in [-0.2, -0.15) is 0 Å². The first kappa shape index (κ1) is 11.3. The number of hydrogen-bond acceptors (Lipinski definition) is 4. The van der Waals surface area contributed by atoms with Crippen LogP contribution in [-0.4, -0.2) is 24.7 Å². The Hall–Kier alpha value is -1.23. The van der Waals surface area contributed by atoms with Crippen LogP contribution in [0.3, 0.4) is 0 Å². The molecule has 0 aliphatic heterocycles. The quantitative estimate of drug-likeness (QED) is 0.811. The molecule has 16 heavy (non-hydrogen) atoms. The second kappa shape index (κ2) is 4.74. The van der Waals surface area contributed by atoms with E-state index in [4.69, 9.17) is 14.0 Å². The molecule has 2 aromatic rings. The fourth-order valence-corrected chi connectivity index (χ4v) is 1.96. The number of alkyl halides is 1. The maximum Gasteiger partial charge on any atom is 0.171 e. The highest BCUT2D eigenvalue weighted by Crippen LogP contribution is 2.33. The summed E-state index contributed by atoms with van der Waals surface area (Å²) < 4.78 is 15.7. The molecule has 0 aliphatic rings. The Kier molecular flexibility index (Phi) is 3.33. The van der Waals surface area contributed by atoms with Crippen molar-refractivity contribution in [2.24, 2.45) is 0 Å². The third-order valence-electron chi connectivity index (χ3n) is 2.38. The molecule has 2 rings (SSSR count). The number of fused-ring (bicyclic) bond motifs is 1. The first-order chi connectivity index (χ1) is 7.80. The zero-order valence-corrected chi connectivity index (χ0v) is 10.7. The summed E-state index contributed by atoms with van der Waals surface area (Å²) in [4.78, 5) is 0.